The zero-order valence-corrected chi connectivity index (χ0v) is 12.3. The van der Waals surface area contributed by atoms with Crippen LogP contribution in [0.25, 0.3) is 0 Å². The van der Waals surface area contributed by atoms with Crippen molar-refractivity contribution in [3.05, 3.63) is 35.9 Å². The van der Waals surface area contributed by atoms with Gasteiger partial charge in [-0.3, -0.25) is 9.59 Å². The van der Waals surface area contributed by atoms with E-state index >= 15 is 0 Å². The zero-order chi connectivity index (χ0) is 15.3. The Morgan fingerprint density at radius 2 is 2.05 bits per heavy atom. The highest BCUT2D eigenvalue weighted by molar-refractivity contribution is 5.97. The third-order valence-electron chi connectivity index (χ3n) is 3.01. The number of aryl methyl sites for hydroxylation is 1. The van der Waals surface area contributed by atoms with Crippen LogP contribution in [0, 0.1) is 13.8 Å². The molecule has 0 aliphatic rings. The van der Waals surface area contributed by atoms with E-state index < -0.39 is 0 Å². The van der Waals surface area contributed by atoms with E-state index in [1.807, 2.05) is 26.0 Å². The maximum atomic E-state index is 11.9. The van der Waals surface area contributed by atoms with Gasteiger partial charge in [0.15, 0.2) is 0 Å². The first-order chi connectivity index (χ1) is 9.40. The van der Waals surface area contributed by atoms with Crippen LogP contribution in [-0.4, -0.2) is 37.4 Å². The van der Waals surface area contributed by atoms with Crippen molar-refractivity contribution in [2.75, 3.05) is 26.0 Å². The fraction of sp³-hybridized carbons (Fsp3) is 0.333. The number of hydrogen-bond donors (Lipinski definition) is 1. The van der Waals surface area contributed by atoms with E-state index in [0.717, 1.165) is 16.9 Å². The first-order valence-electron chi connectivity index (χ1n) is 6.22. The van der Waals surface area contributed by atoms with Gasteiger partial charge in [0.25, 0.3) is 0 Å². The number of hydrogen-bond acceptors (Lipinski definition) is 3. The van der Waals surface area contributed by atoms with E-state index in [1.165, 1.54) is 11.0 Å². The molecule has 0 heterocycles. The topological polar surface area (TPSA) is 58.6 Å². The summed E-state index contributed by atoms with van der Waals surface area (Å²) < 4.78 is 5.31. The lowest BCUT2D eigenvalue weighted by molar-refractivity contribution is -0.129. The fourth-order valence-corrected chi connectivity index (χ4v) is 1.92. The van der Waals surface area contributed by atoms with E-state index in [1.54, 1.807) is 14.2 Å². The summed E-state index contributed by atoms with van der Waals surface area (Å²) in [5.41, 5.74) is 2.54. The third kappa shape index (κ3) is 3.60. The monoisotopic (exact) mass is 276 g/mol. The lowest BCUT2D eigenvalue weighted by Crippen LogP contribution is -2.33. The molecule has 0 saturated heterocycles. The number of ether oxygens (including phenoxy) is 1. The summed E-state index contributed by atoms with van der Waals surface area (Å²) in [5.74, 6) is 0.188. The number of anilines is 1. The van der Waals surface area contributed by atoms with Crippen LogP contribution < -0.4 is 10.1 Å². The molecule has 108 valence electrons. The molecular formula is C15H20N2O3. The van der Waals surface area contributed by atoms with E-state index in [-0.39, 0.29) is 18.4 Å². The van der Waals surface area contributed by atoms with Crippen molar-refractivity contribution in [2.24, 2.45) is 0 Å². The molecule has 0 saturated carbocycles. The molecular weight excluding hydrogens is 256 g/mol. The SMILES string of the molecule is C=CC(=O)N(C)CC(=O)Nc1ccc(C)c(OC)c1C. The highest BCUT2D eigenvalue weighted by atomic mass is 16.5. The second kappa shape index (κ2) is 6.75. The van der Waals surface area contributed by atoms with Crippen molar-refractivity contribution in [1.82, 2.24) is 4.90 Å². The average Bonchev–Trinajstić information content (AvgIpc) is 2.41. The molecule has 5 nitrogen and oxygen atoms in total. The number of methoxy groups -OCH3 is 1. The number of benzene rings is 1. The number of amides is 2. The molecule has 0 aromatic heterocycles. The standard InChI is InChI=1S/C15H20N2O3/c1-6-14(19)17(4)9-13(18)16-12-8-7-10(2)15(20-5)11(12)3/h6-8H,1,9H2,2-5H3,(H,16,18). The summed E-state index contributed by atoms with van der Waals surface area (Å²) in [5, 5.41) is 2.77. The Labute approximate surface area is 119 Å². The number of carbonyl (C=O) groups excluding carboxylic acids is 2. The van der Waals surface area contributed by atoms with Gasteiger partial charge in [-0.15, -0.1) is 0 Å². The van der Waals surface area contributed by atoms with Crippen LogP contribution in [0.15, 0.2) is 24.8 Å². The van der Waals surface area contributed by atoms with Crippen LogP contribution in [0.2, 0.25) is 0 Å². The van der Waals surface area contributed by atoms with Crippen LogP contribution in [0.5, 0.6) is 5.75 Å². The molecule has 20 heavy (non-hydrogen) atoms. The molecule has 1 N–H and O–H groups in total. The van der Waals surface area contributed by atoms with Gasteiger partial charge >= 0.3 is 0 Å². The summed E-state index contributed by atoms with van der Waals surface area (Å²) in [6.45, 7) is 7.17. The predicted molar refractivity (Wildman–Crippen MR) is 78.9 cm³/mol. The molecule has 0 bridgehead atoms. The van der Waals surface area contributed by atoms with Crippen LogP contribution in [0.1, 0.15) is 11.1 Å². The summed E-state index contributed by atoms with van der Waals surface area (Å²) in [7, 11) is 3.14. The Bertz CT molecular complexity index is 538. The van der Waals surface area contributed by atoms with Crippen molar-refractivity contribution < 1.29 is 14.3 Å². The van der Waals surface area contributed by atoms with Crippen molar-refractivity contribution in [3.8, 4) is 5.75 Å². The molecule has 1 aromatic carbocycles. The van der Waals surface area contributed by atoms with E-state index in [0.29, 0.717) is 5.69 Å². The molecule has 0 aliphatic heterocycles. The third-order valence-corrected chi connectivity index (χ3v) is 3.01. The molecule has 1 aromatic rings. The number of rotatable bonds is 5. The lowest BCUT2D eigenvalue weighted by atomic mass is 10.1. The average molecular weight is 276 g/mol. The number of nitrogens with zero attached hydrogens (tertiary/aromatic N) is 1. The van der Waals surface area contributed by atoms with Gasteiger partial charge < -0.3 is 15.0 Å². The van der Waals surface area contributed by atoms with Gasteiger partial charge in [0.2, 0.25) is 11.8 Å². The van der Waals surface area contributed by atoms with E-state index in [4.69, 9.17) is 4.74 Å². The lowest BCUT2D eigenvalue weighted by Gasteiger charge is -2.17. The first-order valence-corrected chi connectivity index (χ1v) is 6.22. The number of likely N-dealkylation sites (N-methyl/N-ethyl adjacent to an activating group) is 1. The maximum absolute atomic E-state index is 11.9. The summed E-state index contributed by atoms with van der Waals surface area (Å²) in [6.07, 6.45) is 1.17. The Hall–Kier alpha value is -2.30. The Kier molecular flexibility index (Phi) is 5.32. The van der Waals surface area contributed by atoms with Crippen molar-refractivity contribution >= 4 is 17.5 Å². The highest BCUT2D eigenvalue weighted by Crippen LogP contribution is 2.29. The van der Waals surface area contributed by atoms with Gasteiger partial charge in [-0.1, -0.05) is 12.6 Å². The molecule has 5 heteroatoms. The molecule has 0 unspecified atom stereocenters. The van der Waals surface area contributed by atoms with Crippen molar-refractivity contribution in [2.45, 2.75) is 13.8 Å². The van der Waals surface area contributed by atoms with Crippen LogP contribution in [-0.2, 0) is 9.59 Å². The smallest absolute Gasteiger partial charge is 0.246 e. The molecule has 0 atom stereocenters. The Balaban J connectivity index is 2.81. The van der Waals surface area contributed by atoms with Gasteiger partial charge in [-0.2, -0.15) is 0 Å². The summed E-state index contributed by atoms with van der Waals surface area (Å²) in [4.78, 5) is 24.5. The number of nitrogens with one attached hydrogen (secondary N) is 1. The van der Waals surface area contributed by atoms with E-state index in [2.05, 4.69) is 11.9 Å². The molecule has 2 amide bonds. The van der Waals surface area contributed by atoms with Gasteiger partial charge in [-0.25, -0.2) is 0 Å². The van der Waals surface area contributed by atoms with Gasteiger partial charge in [0.1, 0.15) is 5.75 Å². The molecule has 0 aliphatic carbocycles. The van der Waals surface area contributed by atoms with Crippen molar-refractivity contribution in [3.63, 3.8) is 0 Å². The minimum atomic E-state index is -0.293. The molecule has 0 spiro atoms. The fourth-order valence-electron chi connectivity index (χ4n) is 1.92. The van der Waals surface area contributed by atoms with Gasteiger partial charge in [-0.05, 0) is 31.6 Å². The second-order valence-electron chi connectivity index (χ2n) is 4.53. The molecule has 1 rings (SSSR count). The quantitative estimate of drug-likeness (QED) is 0.836. The Morgan fingerprint density at radius 3 is 2.60 bits per heavy atom. The normalized spacial score (nSPS) is 9.80. The minimum absolute atomic E-state index is 0.0273. The van der Waals surface area contributed by atoms with Gasteiger partial charge in [0, 0.05) is 18.3 Å². The largest absolute Gasteiger partial charge is 0.496 e. The molecule has 0 fully saturated rings. The van der Waals surface area contributed by atoms with Crippen LogP contribution in [0.4, 0.5) is 5.69 Å². The van der Waals surface area contributed by atoms with Crippen molar-refractivity contribution in [1.29, 1.82) is 0 Å². The Morgan fingerprint density at radius 1 is 1.40 bits per heavy atom. The first kappa shape index (κ1) is 15.8. The van der Waals surface area contributed by atoms with Gasteiger partial charge in [0.05, 0.1) is 13.7 Å². The van der Waals surface area contributed by atoms with Crippen LogP contribution in [0.3, 0.4) is 0 Å². The van der Waals surface area contributed by atoms with Crippen LogP contribution >= 0.6 is 0 Å². The zero-order valence-electron chi connectivity index (χ0n) is 12.3. The predicted octanol–water partition coefficient (Wildman–Crippen LogP) is 1.89. The molecule has 0 radical (unpaired) electrons. The highest BCUT2D eigenvalue weighted by Gasteiger charge is 2.13. The maximum Gasteiger partial charge on any atom is 0.246 e. The second-order valence-corrected chi connectivity index (χ2v) is 4.53. The van der Waals surface area contributed by atoms with E-state index in [9.17, 15) is 9.59 Å². The summed E-state index contributed by atoms with van der Waals surface area (Å²) >= 11 is 0. The summed E-state index contributed by atoms with van der Waals surface area (Å²) in [6, 6.07) is 3.69. The number of carbonyl (C=O) groups is 2. The minimum Gasteiger partial charge on any atom is -0.496 e.